The molecule has 0 aromatic heterocycles. The zero-order valence-electron chi connectivity index (χ0n) is 21.7. The van der Waals surface area contributed by atoms with Crippen molar-refractivity contribution in [3.05, 3.63) is 29.6 Å². The fraction of sp³-hybridized carbons (Fsp3) is 0.679. The van der Waals surface area contributed by atoms with Crippen molar-refractivity contribution < 1.29 is 28.2 Å². The van der Waals surface area contributed by atoms with Crippen molar-refractivity contribution in [1.29, 1.82) is 0 Å². The lowest BCUT2D eigenvalue weighted by Gasteiger charge is -2.52. The number of benzene rings is 1. The monoisotopic (exact) mass is 515 g/mol. The summed E-state index contributed by atoms with van der Waals surface area (Å²) in [5.41, 5.74) is 5.47. The molecule has 1 aromatic carbocycles. The summed E-state index contributed by atoms with van der Waals surface area (Å²) >= 11 is 0. The number of nitrogens with two attached hydrogens (primary N) is 1. The third-order valence-corrected chi connectivity index (χ3v) is 8.85. The van der Waals surface area contributed by atoms with Crippen LogP contribution in [0.5, 0.6) is 5.75 Å². The molecule has 37 heavy (non-hydrogen) atoms. The van der Waals surface area contributed by atoms with Gasteiger partial charge in [0.1, 0.15) is 23.2 Å². The number of hydrogen-bond donors (Lipinski definition) is 1. The van der Waals surface area contributed by atoms with Gasteiger partial charge in [-0.05, 0) is 94.6 Å². The summed E-state index contributed by atoms with van der Waals surface area (Å²) in [7, 11) is 0. The summed E-state index contributed by atoms with van der Waals surface area (Å²) < 4.78 is 26.0. The second kappa shape index (κ2) is 10.1. The fourth-order valence-electron chi connectivity index (χ4n) is 6.28. The van der Waals surface area contributed by atoms with Crippen LogP contribution in [0.1, 0.15) is 81.5 Å². The van der Waals surface area contributed by atoms with Crippen LogP contribution in [0.2, 0.25) is 0 Å². The van der Waals surface area contributed by atoms with E-state index in [1.165, 1.54) is 29.9 Å². The van der Waals surface area contributed by atoms with Crippen molar-refractivity contribution in [3.8, 4) is 5.75 Å². The summed E-state index contributed by atoms with van der Waals surface area (Å²) in [6.07, 6.45) is 9.42. The SMILES string of the molecule is CC1(OC(=O)N2CCC3(CC2)CC(CCCOc2ccc(C(=O)N4CCC[C@H]4C(N)=O)c(F)c2)C3)CC1. The van der Waals surface area contributed by atoms with Gasteiger partial charge < -0.3 is 25.0 Å². The minimum absolute atomic E-state index is 0.0682. The van der Waals surface area contributed by atoms with E-state index in [4.69, 9.17) is 15.2 Å². The average molecular weight is 516 g/mol. The molecule has 2 saturated carbocycles. The quantitative estimate of drug-likeness (QED) is 0.522. The minimum atomic E-state index is -0.673. The van der Waals surface area contributed by atoms with Gasteiger partial charge in [0.25, 0.3) is 5.91 Å². The number of nitrogens with zero attached hydrogens (tertiary/aromatic N) is 2. The number of rotatable bonds is 8. The van der Waals surface area contributed by atoms with Crippen molar-refractivity contribution in [2.45, 2.75) is 82.8 Å². The topological polar surface area (TPSA) is 102 Å². The Morgan fingerprint density at radius 3 is 2.49 bits per heavy atom. The molecule has 2 aliphatic carbocycles. The lowest BCUT2D eigenvalue weighted by Crippen LogP contribution is -2.49. The molecule has 202 valence electrons. The Hall–Kier alpha value is -2.84. The van der Waals surface area contributed by atoms with Crippen LogP contribution in [-0.2, 0) is 9.53 Å². The van der Waals surface area contributed by atoms with Gasteiger partial charge in [-0.25, -0.2) is 9.18 Å². The van der Waals surface area contributed by atoms with Crippen molar-refractivity contribution in [2.24, 2.45) is 17.1 Å². The molecule has 5 rings (SSSR count). The molecule has 4 aliphatic rings. The van der Waals surface area contributed by atoms with Crippen LogP contribution >= 0.6 is 0 Å². The van der Waals surface area contributed by atoms with Gasteiger partial charge in [-0.2, -0.15) is 0 Å². The van der Waals surface area contributed by atoms with E-state index in [1.54, 1.807) is 6.07 Å². The molecule has 1 aromatic rings. The first-order valence-corrected chi connectivity index (χ1v) is 13.7. The van der Waals surface area contributed by atoms with E-state index >= 15 is 0 Å². The van der Waals surface area contributed by atoms with Crippen LogP contribution in [0, 0.1) is 17.2 Å². The molecule has 2 aliphatic heterocycles. The molecular weight excluding hydrogens is 477 g/mol. The Bertz CT molecular complexity index is 1040. The van der Waals surface area contributed by atoms with Crippen LogP contribution in [-0.4, -0.2) is 65.6 Å². The van der Waals surface area contributed by atoms with Gasteiger partial charge in [-0.15, -0.1) is 0 Å². The van der Waals surface area contributed by atoms with Crippen molar-refractivity contribution in [2.75, 3.05) is 26.2 Å². The number of ether oxygens (including phenoxy) is 2. The fourth-order valence-corrected chi connectivity index (χ4v) is 6.28. The second-order valence-corrected chi connectivity index (χ2v) is 11.8. The maximum Gasteiger partial charge on any atom is 0.410 e. The Morgan fingerprint density at radius 1 is 1.11 bits per heavy atom. The Labute approximate surface area is 217 Å². The highest BCUT2D eigenvalue weighted by Crippen LogP contribution is 2.54. The molecule has 4 fully saturated rings. The van der Waals surface area contributed by atoms with Crippen LogP contribution in [0.4, 0.5) is 9.18 Å². The van der Waals surface area contributed by atoms with E-state index in [9.17, 15) is 18.8 Å². The van der Waals surface area contributed by atoms with Crippen LogP contribution in [0.25, 0.3) is 0 Å². The number of carbonyl (C=O) groups is 3. The Kier molecular flexibility index (Phi) is 7.07. The smallest absolute Gasteiger partial charge is 0.410 e. The molecule has 0 radical (unpaired) electrons. The normalized spacial score (nSPS) is 24.0. The summed E-state index contributed by atoms with van der Waals surface area (Å²) in [5, 5.41) is 0. The maximum atomic E-state index is 14.7. The molecule has 2 N–H and O–H groups in total. The molecule has 2 heterocycles. The molecule has 2 saturated heterocycles. The lowest BCUT2D eigenvalue weighted by molar-refractivity contribution is -0.121. The van der Waals surface area contributed by atoms with Gasteiger partial charge in [0, 0.05) is 25.7 Å². The highest BCUT2D eigenvalue weighted by molar-refractivity contribution is 5.98. The summed E-state index contributed by atoms with van der Waals surface area (Å²) in [5.74, 6) is -0.657. The highest BCUT2D eigenvalue weighted by atomic mass is 19.1. The van der Waals surface area contributed by atoms with Gasteiger partial charge >= 0.3 is 6.09 Å². The predicted molar refractivity (Wildman–Crippen MR) is 134 cm³/mol. The van der Waals surface area contributed by atoms with Gasteiger partial charge in [0.2, 0.25) is 5.91 Å². The number of halogens is 1. The molecule has 8 nitrogen and oxygen atoms in total. The largest absolute Gasteiger partial charge is 0.493 e. The molecule has 3 amide bonds. The molecule has 0 unspecified atom stereocenters. The molecule has 1 spiro atoms. The van der Waals surface area contributed by atoms with Crippen LogP contribution < -0.4 is 10.5 Å². The number of primary amides is 1. The third kappa shape index (κ3) is 5.70. The van der Waals surface area contributed by atoms with E-state index in [1.807, 2.05) is 11.8 Å². The lowest BCUT2D eigenvalue weighted by atomic mass is 9.56. The number of hydrogen-bond acceptors (Lipinski definition) is 5. The van der Waals surface area contributed by atoms with E-state index in [0.29, 0.717) is 43.1 Å². The van der Waals surface area contributed by atoms with E-state index in [2.05, 4.69) is 0 Å². The standard InChI is InChI=1S/C28H38FN3O5/c1-27(8-9-27)37-26(35)31-13-10-28(11-14-31)17-19(18-28)4-3-15-36-20-6-7-21(22(29)16-20)25(34)32-12-2-5-23(32)24(30)33/h6-7,16,19,23H,2-5,8-15,17-18H2,1H3,(H2,30,33)/t23-/m0/s1. The summed E-state index contributed by atoms with van der Waals surface area (Å²) in [6.45, 7) is 4.47. The maximum absolute atomic E-state index is 14.7. The second-order valence-electron chi connectivity index (χ2n) is 11.8. The van der Waals surface area contributed by atoms with E-state index in [0.717, 1.165) is 51.6 Å². The average Bonchev–Trinajstić information content (AvgIpc) is 3.36. The van der Waals surface area contributed by atoms with Crippen molar-refractivity contribution >= 4 is 17.9 Å². The van der Waals surface area contributed by atoms with E-state index in [-0.39, 0.29) is 17.3 Å². The zero-order chi connectivity index (χ0) is 26.2. The van der Waals surface area contributed by atoms with Gasteiger partial charge in [0.15, 0.2) is 0 Å². The zero-order valence-corrected chi connectivity index (χ0v) is 21.7. The van der Waals surface area contributed by atoms with Gasteiger partial charge in [0.05, 0.1) is 12.2 Å². The van der Waals surface area contributed by atoms with Crippen molar-refractivity contribution in [3.63, 3.8) is 0 Å². The van der Waals surface area contributed by atoms with Gasteiger partial charge in [-0.3, -0.25) is 9.59 Å². The number of amides is 3. The molecular formula is C28H38FN3O5. The number of likely N-dealkylation sites (tertiary alicyclic amines) is 2. The highest BCUT2D eigenvalue weighted by Gasteiger charge is 2.47. The van der Waals surface area contributed by atoms with Crippen LogP contribution in [0.3, 0.4) is 0 Å². The Morgan fingerprint density at radius 2 is 1.84 bits per heavy atom. The third-order valence-electron chi connectivity index (χ3n) is 8.85. The molecule has 9 heteroatoms. The van der Waals surface area contributed by atoms with Crippen molar-refractivity contribution in [1.82, 2.24) is 9.80 Å². The predicted octanol–water partition coefficient (Wildman–Crippen LogP) is 4.26. The number of carbonyl (C=O) groups excluding carboxylic acids is 3. The Balaban J connectivity index is 1.00. The summed E-state index contributed by atoms with van der Waals surface area (Å²) in [4.78, 5) is 39.8. The molecule has 0 bridgehead atoms. The number of piperidine rings is 1. The molecule has 1 atom stereocenters. The minimum Gasteiger partial charge on any atom is -0.493 e. The first-order valence-electron chi connectivity index (χ1n) is 13.7. The first kappa shape index (κ1) is 25.8. The first-order chi connectivity index (χ1) is 17.7. The van der Waals surface area contributed by atoms with Gasteiger partial charge in [-0.1, -0.05) is 0 Å². The summed E-state index contributed by atoms with van der Waals surface area (Å²) in [6, 6.07) is 3.59. The van der Waals surface area contributed by atoms with Crippen LogP contribution in [0.15, 0.2) is 18.2 Å². The van der Waals surface area contributed by atoms with E-state index < -0.39 is 23.7 Å².